The van der Waals surface area contributed by atoms with Crippen molar-refractivity contribution < 1.29 is 14.3 Å². The number of carbonyl (C=O) groups is 1. The lowest BCUT2D eigenvalue weighted by Gasteiger charge is -2.08. The van der Waals surface area contributed by atoms with Crippen LogP contribution >= 0.6 is 35.0 Å². The third kappa shape index (κ3) is 3.26. The predicted octanol–water partition coefficient (Wildman–Crippen LogP) is 3.80. The molecule has 0 bridgehead atoms. The topological polar surface area (TPSA) is 55.1 Å². The van der Waals surface area contributed by atoms with Gasteiger partial charge >= 0.3 is 5.97 Å². The van der Waals surface area contributed by atoms with Crippen molar-refractivity contribution >= 4 is 40.9 Å². The molecule has 0 aliphatic rings. The Labute approximate surface area is 128 Å². The number of rotatable bonds is 4. The monoisotopic (exact) mass is 334 g/mol. The van der Waals surface area contributed by atoms with E-state index >= 15 is 0 Å². The summed E-state index contributed by atoms with van der Waals surface area (Å²) in [4.78, 5) is 14.9. The zero-order valence-electron chi connectivity index (χ0n) is 10.2. The molecule has 0 saturated carbocycles. The van der Waals surface area contributed by atoms with Gasteiger partial charge in [0.05, 0.1) is 27.2 Å². The highest BCUT2D eigenvalue weighted by molar-refractivity contribution is 7.99. The summed E-state index contributed by atoms with van der Waals surface area (Å²) in [5, 5.41) is 8.99. The average Bonchev–Trinajstić information content (AvgIpc) is 2.74. The third-order valence-corrected chi connectivity index (χ3v) is 3.85. The van der Waals surface area contributed by atoms with E-state index in [0.29, 0.717) is 16.5 Å². The maximum atomic E-state index is 13.4. The Kier molecular flexibility index (Phi) is 4.57. The summed E-state index contributed by atoms with van der Waals surface area (Å²) in [5.41, 5.74) is 1.23. The van der Waals surface area contributed by atoms with Crippen molar-refractivity contribution in [2.45, 2.75) is 12.1 Å². The molecule has 2 aromatic rings. The van der Waals surface area contributed by atoms with E-state index < -0.39 is 11.8 Å². The Morgan fingerprint density at radius 3 is 2.60 bits per heavy atom. The van der Waals surface area contributed by atoms with E-state index in [-0.39, 0.29) is 15.8 Å². The highest BCUT2D eigenvalue weighted by atomic mass is 35.5. The maximum Gasteiger partial charge on any atom is 0.313 e. The Hall–Kier alpha value is -1.24. The van der Waals surface area contributed by atoms with E-state index in [1.165, 1.54) is 12.1 Å². The van der Waals surface area contributed by atoms with Crippen LogP contribution in [0.1, 0.15) is 5.69 Å². The van der Waals surface area contributed by atoms with E-state index in [1.54, 1.807) is 17.7 Å². The second-order valence-corrected chi connectivity index (χ2v) is 5.70. The summed E-state index contributed by atoms with van der Waals surface area (Å²) in [5.74, 6) is -1.76. The molecular formula is C12H9Cl2FN2O2S. The molecule has 0 aliphatic carbocycles. The minimum absolute atomic E-state index is 0.104. The van der Waals surface area contributed by atoms with Gasteiger partial charge in [0.25, 0.3) is 0 Å². The lowest BCUT2D eigenvalue weighted by molar-refractivity contribution is -0.133. The van der Waals surface area contributed by atoms with Gasteiger partial charge < -0.3 is 5.11 Å². The van der Waals surface area contributed by atoms with Crippen LogP contribution in [0.15, 0.2) is 23.5 Å². The minimum Gasteiger partial charge on any atom is -0.481 e. The van der Waals surface area contributed by atoms with E-state index in [4.69, 9.17) is 28.3 Å². The van der Waals surface area contributed by atoms with Crippen LogP contribution < -0.4 is 0 Å². The van der Waals surface area contributed by atoms with Crippen molar-refractivity contribution in [3.8, 4) is 5.69 Å². The van der Waals surface area contributed by atoms with Crippen molar-refractivity contribution in [1.82, 2.24) is 9.55 Å². The molecule has 1 N–H and O–H groups in total. The van der Waals surface area contributed by atoms with E-state index in [2.05, 4.69) is 4.98 Å². The quantitative estimate of drug-likeness (QED) is 0.682. The summed E-state index contributed by atoms with van der Waals surface area (Å²) in [6, 6.07) is 2.82. The highest BCUT2D eigenvalue weighted by Crippen LogP contribution is 2.29. The number of hydrogen-bond donors (Lipinski definition) is 1. The fourth-order valence-electron chi connectivity index (χ4n) is 1.57. The first-order valence-corrected chi connectivity index (χ1v) is 7.18. The molecule has 0 saturated heterocycles. The molecule has 1 aromatic carbocycles. The van der Waals surface area contributed by atoms with Crippen LogP contribution in [0.2, 0.25) is 10.0 Å². The Bertz CT molecular complexity index is 652. The van der Waals surface area contributed by atoms with Gasteiger partial charge in [-0.25, -0.2) is 9.37 Å². The van der Waals surface area contributed by atoms with Crippen molar-refractivity contribution in [3.63, 3.8) is 0 Å². The molecule has 4 nitrogen and oxygen atoms in total. The summed E-state index contributed by atoms with van der Waals surface area (Å²) in [6.07, 6.45) is 1.70. The number of halogens is 3. The molecule has 106 valence electrons. The van der Waals surface area contributed by atoms with Gasteiger partial charge in [0, 0.05) is 6.20 Å². The zero-order chi connectivity index (χ0) is 14.9. The fourth-order valence-corrected chi connectivity index (χ4v) is 2.80. The van der Waals surface area contributed by atoms with Crippen molar-refractivity contribution in [3.05, 3.63) is 39.9 Å². The molecule has 1 heterocycles. The van der Waals surface area contributed by atoms with Crippen LogP contribution in [0.5, 0.6) is 0 Å². The van der Waals surface area contributed by atoms with E-state index in [1.807, 2.05) is 0 Å². The molecular weight excluding hydrogens is 326 g/mol. The lowest BCUT2D eigenvalue weighted by atomic mass is 10.3. The van der Waals surface area contributed by atoms with Crippen LogP contribution in [0, 0.1) is 12.7 Å². The first kappa shape index (κ1) is 15.2. The van der Waals surface area contributed by atoms with Crippen LogP contribution in [-0.2, 0) is 4.79 Å². The van der Waals surface area contributed by atoms with Gasteiger partial charge in [-0.15, -0.1) is 0 Å². The lowest BCUT2D eigenvalue weighted by Crippen LogP contribution is -2.01. The van der Waals surface area contributed by atoms with Gasteiger partial charge in [-0.1, -0.05) is 35.0 Å². The number of aliphatic carboxylic acids is 1. The molecule has 0 spiro atoms. The molecule has 0 radical (unpaired) electrons. The number of aromatic nitrogens is 2. The number of hydrogen-bond acceptors (Lipinski definition) is 3. The van der Waals surface area contributed by atoms with Gasteiger partial charge in [-0.3, -0.25) is 9.36 Å². The van der Waals surface area contributed by atoms with Crippen molar-refractivity contribution in [2.75, 3.05) is 5.75 Å². The largest absolute Gasteiger partial charge is 0.481 e. The number of carboxylic acid groups (broad SMARTS) is 1. The second-order valence-electron chi connectivity index (χ2n) is 3.94. The first-order chi connectivity index (χ1) is 9.38. The number of benzene rings is 1. The summed E-state index contributed by atoms with van der Waals surface area (Å²) >= 11 is 12.6. The third-order valence-electron chi connectivity index (χ3n) is 2.37. The summed E-state index contributed by atoms with van der Waals surface area (Å²) in [6.45, 7) is 1.77. The maximum absolute atomic E-state index is 13.4. The fraction of sp³-hybridized carbons (Fsp3) is 0.167. The Morgan fingerprint density at radius 1 is 1.45 bits per heavy atom. The number of thioether (sulfide) groups is 1. The highest BCUT2D eigenvalue weighted by Gasteiger charge is 2.14. The van der Waals surface area contributed by atoms with Gasteiger partial charge in [0.1, 0.15) is 0 Å². The summed E-state index contributed by atoms with van der Waals surface area (Å²) < 4.78 is 15.0. The van der Waals surface area contributed by atoms with E-state index in [0.717, 1.165) is 11.8 Å². The average molecular weight is 335 g/mol. The molecule has 0 amide bonds. The van der Waals surface area contributed by atoms with Gasteiger partial charge in [0.15, 0.2) is 11.0 Å². The molecule has 8 heteroatoms. The normalized spacial score (nSPS) is 10.8. The summed E-state index contributed by atoms with van der Waals surface area (Å²) in [7, 11) is 0. The SMILES string of the molecule is Cc1cn(-c2cc(Cl)c(F)c(Cl)c2)c(SCC(=O)O)n1. The van der Waals surface area contributed by atoms with E-state index in [9.17, 15) is 9.18 Å². The van der Waals surface area contributed by atoms with Crippen LogP contribution in [0.25, 0.3) is 5.69 Å². The number of nitrogens with zero attached hydrogens (tertiary/aromatic N) is 2. The second kappa shape index (κ2) is 6.03. The molecule has 1 aromatic heterocycles. The zero-order valence-corrected chi connectivity index (χ0v) is 12.6. The van der Waals surface area contributed by atoms with Crippen molar-refractivity contribution in [2.24, 2.45) is 0 Å². The smallest absolute Gasteiger partial charge is 0.313 e. The molecule has 20 heavy (non-hydrogen) atoms. The van der Waals surface area contributed by atoms with Gasteiger partial charge in [0.2, 0.25) is 0 Å². The van der Waals surface area contributed by atoms with Crippen molar-refractivity contribution in [1.29, 1.82) is 0 Å². The number of imidazole rings is 1. The van der Waals surface area contributed by atoms with Crippen LogP contribution in [0.3, 0.4) is 0 Å². The molecule has 2 rings (SSSR count). The van der Waals surface area contributed by atoms with Gasteiger partial charge in [-0.2, -0.15) is 0 Å². The Morgan fingerprint density at radius 2 is 2.05 bits per heavy atom. The minimum atomic E-state index is -0.947. The number of carboxylic acids is 1. The first-order valence-electron chi connectivity index (χ1n) is 5.44. The number of aryl methyl sites for hydroxylation is 1. The molecule has 0 unspecified atom stereocenters. The molecule has 0 fully saturated rings. The predicted molar refractivity (Wildman–Crippen MR) is 76.6 cm³/mol. The molecule has 0 atom stereocenters. The standard InChI is InChI=1S/C12H9Cl2FN2O2S/c1-6-4-17(12(16-6)20-5-10(18)19)7-2-8(13)11(15)9(14)3-7/h2-4H,5H2,1H3,(H,18,19). The van der Waals surface area contributed by atoms with Crippen LogP contribution in [-0.4, -0.2) is 26.4 Å². The molecule has 0 aliphatic heterocycles. The van der Waals surface area contributed by atoms with Gasteiger partial charge in [-0.05, 0) is 19.1 Å². The van der Waals surface area contributed by atoms with Crippen LogP contribution in [0.4, 0.5) is 4.39 Å². The Balaban J connectivity index is 2.44.